The molecule has 0 N–H and O–H groups in total. The van der Waals surface area contributed by atoms with Crippen LogP contribution in [0.3, 0.4) is 0 Å². The highest BCUT2D eigenvalue weighted by Crippen LogP contribution is 2.36. The van der Waals surface area contributed by atoms with Gasteiger partial charge in [-0.1, -0.05) is 36.4 Å². The zero-order valence-electron chi connectivity index (χ0n) is 15.7. The van der Waals surface area contributed by atoms with Gasteiger partial charge in [0.15, 0.2) is 0 Å². The third kappa shape index (κ3) is 5.30. The number of nitrogens with zero attached hydrogens (tertiary/aromatic N) is 1. The molecule has 0 bridgehead atoms. The second-order valence-corrected chi connectivity index (χ2v) is 10.1. The molecule has 4 nitrogen and oxygen atoms in total. The van der Waals surface area contributed by atoms with E-state index in [0.717, 1.165) is 16.9 Å². The van der Waals surface area contributed by atoms with Crippen LogP contribution in [-0.2, 0) is 10.0 Å². The summed E-state index contributed by atoms with van der Waals surface area (Å²) in [5, 5.41) is 0.347. The summed E-state index contributed by atoms with van der Waals surface area (Å²) in [7, 11) is -3.48. The summed E-state index contributed by atoms with van der Waals surface area (Å²) in [4.78, 5) is 0. The minimum Gasteiger partial charge on any atom is -0.491 e. The van der Waals surface area contributed by atoms with Crippen LogP contribution in [0.15, 0.2) is 61.2 Å². The van der Waals surface area contributed by atoms with Crippen molar-refractivity contribution in [2.45, 2.75) is 25.2 Å². The number of benzene rings is 2. The summed E-state index contributed by atoms with van der Waals surface area (Å²) in [5.74, 6) is 1.58. The predicted molar refractivity (Wildman–Crippen MR) is 115 cm³/mol. The van der Waals surface area contributed by atoms with Gasteiger partial charge >= 0.3 is 0 Å². The number of sulfonamides is 1. The fraction of sp³-hybridized carbons (Fsp3) is 0.333. The van der Waals surface area contributed by atoms with Crippen LogP contribution in [0.4, 0.5) is 5.69 Å². The fourth-order valence-corrected chi connectivity index (χ4v) is 4.74. The molecule has 0 aliphatic carbocycles. The van der Waals surface area contributed by atoms with Gasteiger partial charge < -0.3 is 4.74 Å². The summed E-state index contributed by atoms with van der Waals surface area (Å²) in [5.41, 5.74) is 2.60. The lowest BCUT2D eigenvalue weighted by Crippen LogP contribution is -2.35. The Morgan fingerprint density at radius 1 is 1.22 bits per heavy atom. The van der Waals surface area contributed by atoms with Crippen LogP contribution in [-0.4, -0.2) is 37.8 Å². The number of ether oxygens (including phenoxy) is 1. The van der Waals surface area contributed by atoms with Crippen molar-refractivity contribution in [1.82, 2.24) is 0 Å². The molecule has 1 unspecified atom stereocenters. The average molecular weight is 404 g/mol. The normalized spacial score (nSPS) is 16.2. The Labute approximate surface area is 166 Å². The first-order valence-electron chi connectivity index (χ1n) is 8.99. The largest absolute Gasteiger partial charge is 0.491 e. The maximum absolute atomic E-state index is 12.9. The average Bonchev–Trinajstić information content (AvgIpc) is 3.43. The van der Waals surface area contributed by atoms with E-state index in [2.05, 4.69) is 6.58 Å². The first-order valence-corrected chi connectivity index (χ1v) is 11.6. The fourth-order valence-electron chi connectivity index (χ4n) is 2.84. The van der Waals surface area contributed by atoms with Gasteiger partial charge in [0.2, 0.25) is 10.0 Å². The van der Waals surface area contributed by atoms with E-state index in [-0.39, 0.29) is 11.9 Å². The lowest BCUT2D eigenvalue weighted by molar-refractivity contribution is 0.242. The van der Waals surface area contributed by atoms with E-state index in [1.165, 1.54) is 10.4 Å². The summed E-state index contributed by atoms with van der Waals surface area (Å²) < 4.78 is 33.2. The van der Waals surface area contributed by atoms with E-state index in [9.17, 15) is 8.42 Å². The van der Waals surface area contributed by atoms with Gasteiger partial charge in [-0.15, -0.1) is 6.58 Å². The van der Waals surface area contributed by atoms with E-state index in [1.54, 1.807) is 11.8 Å². The SMILES string of the molecule is C=CCS(=O)(=O)N(CC1CS1)c1cc(OC(C)C)cc(-c2ccccc2)c1. The predicted octanol–water partition coefficient (Wildman–Crippen LogP) is 4.58. The molecule has 1 aliphatic heterocycles. The molecule has 1 heterocycles. The van der Waals surface area contributed by atoms with Crippen LogP contribution in [0, 0.1) is 0 Å². The number of hydrogen-bond acceptors (Lipinski definition) is 4. The molecule has 0 radical (unpaired) electrons. The molecular formula is C21H25NO3S2. The molecule has 0 spiro atoms. The first kappa shape index (κ1) is 19.8. The van der Waals surface area contributed by atoms with Crippen molar-refractivity contribution in [2.24, 2.45) is 0 Å². The topological polar surface area (TPSA) is 46.6 Å². The third-order valence-corrected chi connectivity index (χ3v) is 6.74. The maximum atomic E-state index is 12.9. The van der Waals surface area contributed by atoms with Gasteiger partial charge in [0.05, 0.1) is 17.5 Å². The molecule has 27 heavy (non-hydrogen) atoms. The highest BCUT2D eigenvalue weighted by atomic mass is 32.2. The van der Waals surface area contributed by atoms with Gasteiger partial charge in [-0.25, -0.2) is 8.42 Å². The quantitative estimate of drug-likeness (QED) is 0.454. The van der Waals surface area contributed by atoms with Gasteiger partial charge in [-0.2, -0.15) is 11.8 Å². The molecule has 0 saturated carbocycles. The molecule has 0 aromatic heterocycles. The summed E-state index contributed by atoms with van der Waals surface area (Å²) in [6.45, 7) is 8.00. The first-order chi connectivity index (χ1) is 12.9. The van der Waals surface area contributed by atoms with Crippen molar-refractivity contribution in [3.05, 3.63) is 61.2 Å². The Balaban J connectivity index is 2.08. The van der Waals surface area contributed by atoms with E-state index in [0.29, 0.717) is 23.2 Å². The van der Waals surface area contributed by atoms with Gasteiger partial charge in [0.1, 0.15) is 5.75 Å². The molecule has 3 rings (SSSR count). The smallest absolute Gasteiger partial charge is 0.238 e. The molecule has 2 aromatic carbocycles. The van der Waals surface area contributed by atoms with Crippen molar-refractivity contribution in [3.63, 3.8) is 0 Å². The van der Waals surface area contributed by atoms with E-state index >= 15 is 0 Å². The van der Waals surface area contributed by atoms with E-state index < -0.39 is 10.0 Å². The van der Waals surface area contributed by atoms with Crippen LogP contribution in [0.25, 0.3) is 11.1 Å². The van der Waals surface area contributed by atoms with Crippen molar-refractivity contribution in [1.29, 1.82) is 0 Å². The minimum atomic E-state index is -3.48. The van der Waals surface area contributed by atoms with Crippen molar-refractivity contribution in [2.75, 3.05) is 22.4 Å². The third-order valence-electron chi connectivity index (χ3n) is 4.09. The highest BCUT2D eigenvalue weighted by molar-refractivity contribution is 8.07. The molecule has 1 fully saturated rings. The standard InChI is InChI=1S/C21H25NO3S2/c1-4-10-27(23,24)22(14-21-15-26-21)19-11-18(17-8-6-5-7-9-17)12-20(13-19)25-16(2)3/h4-9,11-13,16,21H,1,10,14-15H2,2-3H3. The van der Waals surface area contributed by atoms with Crippen LogP contribution in [0.2, 0.25) is 0 Å². The molecule has 2 aromatic rings. The molecule has 0 amide bonds. The van der Waals surface area contributed by atoms with Gasteiger partial charge in [0, 0.05) is 23.6 Å². The van der Waals surface area contributed by atoms with Gasteiger partial charge in [-0.05, 0) is 37.1 Å². The van der Waals surface area contributed by atoms with Crippen molar-refractivity contribution in [3.8, 4) is 16.9 Å². The van der Waals surface area contributed by atoms with Crippen LogP contribution in [0.5, 0.6) is 5.75 Å². The van der Waals surface area contributed by atoms with Crippen LogP contribution in [0.1, 0.15) is 13.8 Å². The Morgan fingerprint density at radius 2 is 1.93 bits per heavy atom. The van der Waals surface area contributed by atoms with E-state index in [1.807, 2.05) is 62.4 Å². The monoisotopic (exact) mass is 403 g/mol. The van der Waals surface area contributed by atoms with Crippen LogP contribution >= 0.6 is 11.8 Å². The zero-order chi connectivity index (χ0) is 19.4. The highest BCUT2D eigenvalue weighted by Gasteiger charge is 2.31. The minimum absolute atomic E-state index is 0.00101. The second kappa shape index (κ2) is 8.40. The Bertz CT molecular complexity index is 891. The number of thioether (sulfide) groups is 1. The van der Waals surface area contributed by atoms with Crippen molar-refractivity contribution < 1.29 is 13.2 Å². The molecule has 6 heteroatoms. The van der Waals surface area contributed by atoms with Crippen molar-refractivity contribution >= 4 is 27.5 Å². The Kier molecular flexibility index (Phi) is 6.17. The lowest BCUT2D eigenvalue weighted by atomic mass is 10.0. The number of hydrogen-bond donors (Lipinski definition) is 0. The Morgan fingerprint density at radius 3 is 2.52 bits per heavy atom. The molecule has 144 valence electrons. The zero-order valence-corrected chi connectivity index (χ0v) is 17.3. The van der Waals surface area contributed by atoms with Crippen LogP contribution < -0.4 is 9.04 Å². The lowest BCUT2D eigenvalue weighted by Gasteiger charge is -2.25. The Hall–Kier alpha value is -1.92. The molecule has 1 aliphatic rings. The maximum Gasteiger partial charge on any atom is 0.238 e. The van der Waals surface area contributed by atoms with Gasteiger partial charge in [0.25, 0.3) is 0 Å². The van der Waals surface area contributed by atoms with E-state index in [4.69, 9.17) is 4.74 Å². The summed E-state index contributed by atoms with van der Waals surface area (Å²) in [6.07, 6.45) is 1.44. The second-order valence-electron chi connectivity index (χ2n) is 6.80. The summed E-state index contributed by atoms with van der Waals surface area (Å²) in [6, 6.07) is 15.6. The summed E-state index contributed by atoms with van der Waals surface area (Å²) >= 11 is 1.78. The number of rotatable bonds is 9. The van der Waals surface area contributed by atoms with Gasteiger partial charge in [-0.3, -0.25) is 4.31 Å². The molecule has 1 saturated heterocycles. The molecule has 1 atom stereocenters. The molecular weight excluding hydrogens is 378 g/mol. The number of anilines is 1.